The molecule has 1 heterocycles. The third kappa shape index (κ3) is 8.77. The van der Waals surface area contributed by atoms with Crippen LogP contribution in [-0.2, 0) is 0 Å². The van der Waals surface area contributed by atoms with Crippen LogP contribution >= 0.6 is 0 Å². The van der Waals surface area contributed by atoms with Crippen molar-refractivity contribution in [2.45, 2.75) is 0 Å². The first-order valence-electron chi connectivity index (χ1n) is 26.6. The van der Waals surface area contributed by atoms with Gasteiger partial charge < -0.3 is 19.1 Å². The Labute approximate surface area is 454 Å². The second-order valence-electron chi connectivity index (χ2n) is 19.8. The van der Waals surface area contributed by atoms with E-state index in [2.05, 4.69) is 312 Å². The van der Waals surface area contributed by atoms with Gasteiger partial charge in [-0.2, -0.15) is 0 Å². The third-order valence-corrected chi connectivity index (χ3v) is 15.0. The maximum absolute atomic E-state index is 6.54. The number of para-hydroxylation sites is 5. The van der Waals surface area contributed by atoms with E-state index in [-0.39, 0.29) is 0 Å². The Hall–Kier alpha value is -10.4. The van der Waals surface area contributed by atoms with Gasteiger partial charge in [0.25, 0.3) is 0 Å². The minimum atomic E-state index is 0.887. The average Bonchev–Trinajstić information content (AvgIpc) is 3.98. The molecular formula is C74H51N3O. The van der Waals surface area contributed by atoms with E-state index in [1.807, 2.05) is 12.1 Å². The summed E-state index contributed by atoms with van der Waals surface area (Å²) >= 11 is 0. The highest BCUT2D eigenvalue weighted by Crippen LogP contribution is 2.47. The first kappa shape index (κ1) is 46.1. The van der Waals surface area contributed by atoms with Gasteiger partial charge >= 0.3 is 0 Å². The molecule has 4 heteroatoms. The highest BCUT2D eigenvalue weighted by molar-refractivity contribution is 6.09. The Balaban J connectivity index is 0.947. The van der Waals surface area contributed by atoms with Crippen molar-refractivity contribution in [3.05, 3.63) is 309 Å². The van der Waals surface area contributed by atoms with Crippen molar-refractivity contribution in [3.8, 4) is 33.4 Å². The summed E-state index contributed by atoms with van der Waals surface area (Å²) in [5, 5.41) is 7.14. The van der Waals surface area contributed by atoms with Gasteiger partial charge in [-0.1, -0.05) is 200 Å². The molecule has 0 aliphatic rings. The van der Waals surface area contributed by atoms with Gasteiger partial charge in [-0.25, -0.2) is 0 Å². The normalized spacial score (nSPS) is 11.3. The predicted molar refractivity (Wildman–Crippen MR) is 329 cm³/mol. The molecule has 0 amide bonds. The molecular weight excluding hydrogens is 947 g/mol. The summed E-state index contributed by atoms with van der Waals surface area (Å²) in [4.78, 5) is 7.13. The summed E-state index contributed by atoms with van der Waals surface area (Å²) < 4.78 is 6.54. The van der Waals surface area contributed by atoms with Crippen LogP contribution in [0.1, 0.15) is 0 Å². The summed E-state index contributed by atoms with van der Waals surface area (Å²) in [6.45, 7) is 0. The van der Waals surface area contributed by atoms with E-state index in [1.54, 1.807) is 0 Å². The first-order valence-corrected chi connectivity index (χ1v) is 26.6. The van der Waals surface area contributed by atoms with E-state index in [4.69, 9.17) is 4.42 Å². The molecule has 0 unspecified atom stereocenters. The monoisotopic (exact) mass is 997 g/mol. The van der Waals surface area contributed by atoms with Gasteiger partial charge in [0, 0.05) is 50.5 Å². The molecule has 0 spiro atoms. The predicted octanol–water partition coefficient (Wildman–Crippen LogP) is 21.3. The molecule has 4 nitrogen and oxygen atoms in total. The van der Waals surface area contributed by atoms with Crippen LogP contribution in [0.4, 0.5) is 51.2 Å². The molecule has 0 radical (unpaired) electrons. The lowest BCUT2D eigenvalue weighted by Crippen LogP contribution is -2.16. The minimum absolute atomic E-state index is 0.887. The second-order valence-corrected chi connectivity index (χ2v) is 19.8. The molecule has 0 saturated carbocycles. The van der Waals surface area contributed by atoms with Crippen LogP contribution in [0.25, 0.3) is 76.9 Å². The van der Waals surface area contributed by atoms with E-state index in [0.29, 0.717) is 0 Å². The molecule has 0 aliphatic carbocycles. The lowest BCUT2D eigenvalue weighted by atomic mass is 10.0. The Morgan fingerprint density at radius 1 is 0.205 bits per heavy atom. The molecule has 0 atom stereocenters. The number of benzene rings is 13. The summed E-state index contributed by atoms with van der Waals surface area (Å²) in [6.07, 6.45) is 0. The number of hydrogen-bond donors (Lipinski definition) is 0. The van der Waals surface area contributed by atoms with Crippen molar-refractivity contribution < 1.29 is 4.42 Å². The third-order valence-electron chi connectivity index (χ3n) is 15.0. The maximum Gasteiger partial charge on any atom is 0.143 e. The number of nitrogens with zero attached hydrogens (tertiary/aromatic N) is 3. The zero-order valence-electron chi connectivity index (χ0n) is 42.7. The van der Waals surface area contributed by atoms with Crippen molar-refractivity contribution in [2.24, 2.45) is 0 Å². The summed E-state index contributed by atoms with van der Waals surface area (Å²) in [5.41, 5.74) is 17.8. The van der Waals surface area contributed by atoms with Crippen molar-refractivity contribution in [3.63, 3.8) is 0 Å². The molecule has 368 valence electrons. The van der Waals surface area contributed by atoms with Crippen LogP contribution in [0.5, 0.6) is 0 Å². The number of hydrogen-bond acceptors (Lipinski definition) is 4. The van der Waals surface area contributed by atoms with Gasteiger partial charge in [-0.15, -0.1) is 0 Å². The Kier molecular flexibility index (Phi) is 11.8. The number of anilines is 9. The van der Waals surface area contributed by atoms with Crippen LogP contribution in [0.2, 0.25) is 0 Å². The summed E-state index contributed by atoms with van der Waals surface area (Å²) in [5.74, 6) is 0. The molecule has 0 aliphatic heterocycles. The SMILES string of the molecule is c1ccc(N(c2ccc(-c3ccc4ccccc4c3)cc2)c2cc(N(c3ccccc3)c3ccc(-c4ccc5ccccc5c4)cc3)cc(N(c3ccccc3)c3ccc(-c4cccc5c4oc4ccccc45)cc3)c2)cc1. The zero-order valence-corrected chi connectivity index (χ0v) is 42.7. The van der Waals surface area contributed by atoms with Crippen molar-refractivity contribution in [1.82, 2.24) is 0 Å². The van der Waals surface area contributed by atoms with E-state index in [1.165, 1.54) is 32.7 Å². The number of furan rings is 1. The van der Waals surface area contributed by atoms with Crippen LogP contribution in [0.3, 0.4) is 0 Å². The van der Waals surface area contributed by atoms with E-state index >= 15 is 0 Å². The first-order chi connectivity index (χ1) is 38.6. The van der Waals surface area contributed by atoms with E-state index in [0.717, 1.165) is 95.4 Å². The largest absolute Gasteiger partial charge is 0.455 e. The minimum Gasteiger partial charge on any atom is -0.455 e. The quantitative estimate of drug-likeness (QED) is 0.122. The van der Waals surface area contributed by atoms with Gasteiger partial charge in [-0.3, -0.25) is 0 Å². The van der Waals surface area contributed by atoms with E-state index in [9.17, 15) is 0 Å². The Morgan fingerprint density at radius 2 is 0.551 bits per heavy atom. The van der Waals surface area contributed by atoms with Gasteiger partial charge in [0.1, 0.15) is 11.2 Å². The Bertz CT molecular complexity index is 4240. The highest BCUT2D eigenvalue weighted by Gasteiger charge is 2.23. The molecule has 0 N–H and O–H groups in total. The lowest BCUT2D eigenvalue weighted by Gasteiger charge is -2.33. The van der Waals surface area contributed by atoms with Gasteiger partial charge in [0.05, 0.1) is 17.1 Å². The average molecular weight is 998 g/mol. The van der Waals surface area contributed by atoms with Crippen molar-refractivity contribution in [2.75, 3.05) is 14.7 Å². The van der Waals surface area contributed by atoms with Crippen molar-refractivity contribution >= 4 is 94.7 Å². The molecule has 78 heavy (non-hydrogen) atoms. The summed E-state index contributed by atoms with van der Waals surface area (Å²) in [6, 6.07) is 111. The standard InChI is InChI=1S/C74H51N3O/c1-4-21-61(22-5-1)75(64-41-35-54(36-42-64)59-33-31-52-17-10-12-19-57(52)47-59)67-49-68(76(62-23-6-2-7-24-62)65-43-37-55(38-44-65)60-34-32-53-18-11-13-20-58(53)48-60)51-69(50-67)77(63-25-8-3-9-26-63)66-45-39-56(40-46-66)70-28-16-29-72-71-27-14-15-30-73(71)78-74(70)72/h1-51H. The van der Waals surface area contributed by atoms with Crippen LogP contribution < -0.4 is 14.7 Å². The zero-order chi connectivity index (χ0) is 51.8. The summed E-state index contributed by atoms with van der Waals surface area (Å²) in [7, 11) is 0. The fourth-order valence-electron chi connectivity index (χ4n) is 11.1. The van der Waals surface area contributed by atoms with E-state index < -0.39 is 0 Å². The highest BCUT2D eigenvalue weighted by atomic mass is 16.3. The van der Waals surface area contributed by atoms with Crippen LogP contribution in [0, 0.1) is 0 Å². The Morgan fingerprint density at radius 3 is 1.00 bits per heavy atom. The maximum atomic E-state index is 6.54. The molecule has 0 saturated heterocycles. The van der Waals surface area contributed by atoms with Gasteiger partial charge in [-0.05, 0) is 159 Å². The molecule has 13 aromatic carbocycles. The topological polar surface area (TPSA) is 22.9 Å². The van der Waals surface area contributed by atoms with Crippen molar-refractivity contribution in [1.29, 1.82) is 0 Å². The fourth-order valence-corrected chi connectivity index (χ4v) is 11.1. The smallest absolute Gasteiger partial charge is 0.143 e. The van der Waals surface area contributed by atoms with Gasteiger partial charge in [0.15, 0.2) is 0 Å². The molecule has 14 rings (SSSR count). The molecule has 0 fully saturated rings. The number of rotatable bonds is 12. The second kappa shape index (κ2) is 20.0. The fraction of sp³-hybridized carbons (Fsp3) is 0. The number of fused-ring (bicyclic) bond motifs is 5. The van der Waals surface area contributed by atoms with Crippen LogP contribution in [-0.4, -0.2) is 0 Å². The molecule has 0 bridgehead atoms. The lowest BCUT2D eigenvalue weighted by molar-refractivity contribution is 0.670. The van der Waals surface area contributed by atoms with Crippen LogP contribution in [0.15, 0.2) is 314 Å². The molecule has 14 aromatic rings. The molecule has 1 aromatic heterocycles. The van der Waals surface area contributed by atoms with Gasteiger partial charge in [0.2, 0.25) is 0 Å².